The third-order valence-electron chi connectivity index (χ3n) is 4.59. The van der Waals surface area contributed by atoms with E-state index in [0.717, 1.165) is 32.8 Å². The van der Waals surface area contributed by atoms with Crippen molar-refractivity contribution in [2.45, 2.75) is 13.8 Å². The largest absolute Gasteiger partial charge is 0.508 e. The van der Waals surface area contributed by atoms with Crippen LogP contribution in [0.3, 0.4) is 0 Å². The molecule has 4 nitrogen and oxygen atoms in total. The van der Waals surface area contributed by atoms with Crippen LogP contribution in [0.15, 0.2) is 66.7 Å². The van der Waals surface area contributed by atoms with Crippen molar-refractivity contribution in [2.75, 3.05) is 10.6 Å². The molecule has 3 rings (SSSR count). The molecular weight excluding hydrogens is 370 g/mol. The summed E-state index contributed by atoms with van der Waals surface area (Å²) in [5.41, 5.74) is 4.80. The Hall–Kier alpha value is -3.23. The zero-order valence-corrected chi connectivity index (χ0v) is 16.8. The molecule has 0 spiro atoms. The number of phenols is 1. The minimum atomic E-state index is -3.56. The van der Waals surface area contributed by atoms with Gasteiger partial charge in [0.05, 0.1) is 11.9 Å². The SMILES string of the molecule is Cc1c(O)ccc(-c2ccccc2C#CN(c2ccccc2)S(C)(=O)=O)c1C. The van der Waals surface area contributed by atoms with E-state index in [2.05, 4.69) is 12.0 Å². The lowest BCUT2D eigenvalue weighted by Crippen LogP contribution is -2.24. The van der Waals surface area contributed by atoms with E-state index >= 15 is 0 Å². The first-order valence-corrected chi connectivity index (χ1v) is 10.6. The van der Waals surface area contributed by atoms with Gasteiger partial charge < -0.3 is 5.11 Å². The van der Waals surface area contributed by atoms with Crippen molar-refractivity contribution in [3.63, 3.8) is 0 Å². The molecule has 142 valence electrons. The quantitative estimate of drug-likeness (QED) is 0.530. The van der Waals surface area contributed by atoms with Crippen molar-refractivity contribution in [1.29, 1.82) is 0 Å². The van der Waals surface area contributed by atoms with Crippen LogP contribution in [0.25, 0.3) is 11.1 Å². The zero-order chi connectivity index (χ0) is 20.3. The van der Waals surface area contributed by atoms with Gasteiger partial charge in [0.2, 0.25) is 10.0 Å². The molecular formula is C23H21NO3S. The van der Waals surface area contributed by atoms with Crippen molar-refractivity contribution in [3.8, 4) is 28.8 Å². The van der Waals surface area contributed by atoms with Crippen molar-refractivity contribution in [1.82, 2.24) is 0 Å². The summed E-state index contributed by atoms with van der Waals surface area (Å²) in [6, 6.07) is 22.6. The van der Waals surface area contributed by atoms with Gasteiger partial charge in [-0.3, -0.25) is 0 Å². The Morgan fingerprint density at radius 1 is 0.821 bits per heavy atom. The molecule has 0 unspecified atom stereocenters. The Kier molecular flexibility index (Phi) is 5.43. The predicted octanol–water partition coefficient (Wildman–Crippen LogP) is 4.45. The third-order valence-corrected chi connectivity index (χ3v) is 5.56. The molecule has 0 saturated heterocycles. The Labute approximate surface area is 166 Å². The molecule has 0 amide bonds. The van der Waals surface area contributed by atoms with Gasteiger partial charge in [-0.25, -0.2) is 8.42 Å². The first-order valence-electron chi connectivity index (χ1n) is 8.74. The van der Waals surface area contributed by atoms with Crippen LogP contribution < -0.4 is 4.31 Å². The number of anilines is 1. The molecule has 0 fully saturated rings. The van der Waals surface area contributed by atoms with Crippen molar-refractivity contribution >= 4 is 15.7 Å². The van der Waals surface area contributed by atoms with E-state index in [9.17, 15) is 13.5 Å². The van der Waals surface area contributed by atoms with Crippen LogP contribution in [-0.4, -0.2) is 19.8 Å². The number of aromatic hydroxyl groups is 1. The third kappa shape index (κ3) is 4.03. The van der Waals surface area contributed by atoms with E-state index in [0.29, 0.717) is 11.3 Å². The first-order chi connectivity index (χ1) is 13.3. The van der Waals surface area contributed by atoms with Crippen LogP contribution in [-0.2, 0) is 10.0 Å². The Morgan fingerprint density at radius 2 is 1.46 bits per heavy atom. The second-order valence-electron chi connectivity index (χ2n) is 6.53. The minimum Gasteiger partial charge on any atom is -0.508 e. The minimum absolute atomic E-state index is 0.247. The van der Waals surface area contributed by atoms with Gasteiger partial charge in [-0.05, 0) is 66.3 Å². The fourth-order valence-electron chi connectivity index (χ4n) is 2.94. The molecule has 0 radical (unpaired) electrons. The van der Waals surface area contributed by atoms with Gasteiger partial charge >= 0.3 is 0 Å². The molecule has 0 aliphatic carbocycles. The number of hydrogen-bond acceptors (Lipinski definition) is 3. The summed E-state index contributed by atoms with van der Waals surface area (Å²) in [7, 11) is -3.56. The normalized spacial score (nSPS) is 10.8. The molecule has 0 saturated carbocycles. The monoisotopic (exact) mass is 391 g/mol. The highest BCUT2D eigenvalue weighted by atomic mass is 32.2. The number of nitrogens with zero attached hydrogens (tertiary/aromatic N) is 1. The molecule has 0 aromatic heterocycles. The second kappa shape index (κ2) is 7.79. The van der Waals surface area contributed by atoms with Crippen LogP contribution in [0, 0.1) is 25.8 Å². The van der Waals surface area contributed by atoms with E-state index in [1.54, 1.807) is 30.3 Å². The molecule has 28 heavy (non-hydrogen) atoms. The molecule has 0 aliphatic heterocycles. The Morgan fingerprint density at radius 3 is 2.14 bits per heavy atom. The van der Waals surface area contributed by atoms with Crippen molar-refractivity contribution < 1.29 is 13.5 Å². The van der Waals surface area contributed by atoms with Crippen LogP contribution in [0.5, 0.6) is 5.75 Å². The molecule has 5 heteroatoms. The number of sulfonamides is 1. The highest BCUT2D eigenvalue weighted by molar-refractivity contribution is 7.92. The van der Waals surface area contributed by atoms with E-state index in [1.807, 2.05) is 50.2 Å². The van der Waals surface area contributed by atoms with Gasteiger partial charge in [0, 0.05) is 11.6 Å². The molecule has 0 aliphatic rings. The summed E-state index contributed by atoms with van der Waals surface area (Å²) >= 11 is 0. The molecule has 3 aromatic carbocycles. The van der Waals surface area contributed by atoms with Gasteiger partial charge in [-0.15, -0.1) is 0 Å². The average molecular weight is 391 g/mol. The molecule has 3 aromatic rings. The molecule has 0 atom stereocenters. The summed E-state index contributed by atoms with van der Waals surface area (Å²) < 4.78 is 25.6. The van der Waals surface area contributed by atoms with Gasteiger partial charge in [-0.2, -0.15) is 4.31 Å². The summed E-state index contributed by atoms with van der Waals surface area (Å²) in [4.78, 5) is 0. The smallest absolute Gasteiger partial charge is 0.243 e. The maximum absolute atomic E-state index is 12.2. The lowest BCUT2D eigenvalue weighted by Gasteiger charge is -2.15. The number of rotatable bonds is 3. The van der Waals surface area contributed by atoms with Gasteiger partial charge in [-0.1, -0.05) is 42.5 Å². The van der Waals surface area contributed by atoms with E-state index in [4.69, 9.17) is 0 Å². The van der Waals surface area contributed by atoms with Crippen LogP contribution in [0.2, 0.25) is 0 Å². The number of para-hydroxylation sites is 1. The lowest BCUT2D eigenvalue weighted by atomic mass is 9.93. The maximum atomic E-state index is 12.2. The number of benzene rings is 3. The van der Waals surface area contributed by atoms with E-state index in [1.165, 1.54) is 0 Å². The number of hydrogen-bond donors (Lipinski definition) is 1. The topological polar surface area (TPSA) is 57.6 Å². The standard InChI is InChI=1S/C23H21NO3S/c1-17-18(2)23(25)14-13-21(17)22-12-8-7-9-19(22)15-16-24(28(3,26)27)20-10-5-4-6-11-20/h4-14,25H,1-3H3. The average Bonchev–Trinajstić information content (AvgIpc) is 2.67. The van der Waals surface area contributed by atoms with Gasteiger partial charge in [0.15, 0.2) is 0 Å². The van der Waals surface area contributed by atoms with Crippen LogP contribution in [0.1, 0.15) is 16.7 Å². The lowest BCUT2D eigenvalue weighted by molar-refractivity contribution is 0.470. The fraction of sp³-hybridized carbons (Fsp3) is 0.130. The predicted molar refractivity (Wildman–Crippen MR) is 114 cm³/mol. The van der Waals surface area contributed by atoms with E-state index in [-0.39, 0.29) is 5.75 Å². The maximum Gasteiger partial charge on any atom is 0.243 e. The molecule has 0 heterocycles. The van der Waals surface area contributed by atoms with Crippen LogP contribution >= 0.6 is 0 Å². The molecule has 0 bridgehead atoms. The summed E-state index contributed by atoms with van der Waals surface area (Å²) in [5, 5.41) is 9.93. The zero-order valence-electron chi connectivity index (χ0n) is 16.0. The van der Waals surface area contributed by atoms with Crippen molar-refractivity contribution in [3.05, 3.63) is 83.4 Å². The summed E-state index contributed by atoms with van der Waals surface area (Å²) in [6.07, 6.45) is 1.13. The second-order valence-corrected chi connectivity index (χ2v) is 8.36. The van der Waals surface area contributed by atoms with Crippen molar-refractivity contribution in [2.24, 2.45) is 0 Å². The highest BCUT2D eigenvalue weighted by Crippen LogP contribution is 2.32. The van der Waals surface area contributed by atoms with E-state index < -0.39 is 10.0 Å². The van der Waals surface area contributed by atoms with Crippen LogP contribution in [0.4, 0.5) is 5.69 Å². The Bertz CT molecular complexity index is 1170. The van der Waals surface area contributed by atoms with Gasteiger partial charge in [0.25, 0.3) is 0 Å². The summed E-state index contributed by atoms with van der Waals surface area (Å²) in [5.74, 6) is 3.26. The Balaban J connectivity index is 2.12. The number of phenolic OH excluding ortho intramolecular Hbond substituents is 1. The highest BCUT2D eigenvalue weighted by Gasteiger charge is 2.15. The van der Waals surface area contributed by atoms with Gasteiger partial charge in [0.1, 0.15) is 5.75 Å². The first kappa shape index (κ1) is 19.5. The molecule has 1 N–H and O–H groups in total. The summed E-state index contributed by atoms with van der Waals surface area (Å²) in [6.45, 7) is 3.81. The fourth-order valence-corrected chi connectivity index (χ4v) is 3.65.